The Morgan fingerprint density at radius 3 is 1.00 bits per heavy atom. The normalized spacial score (nSPS) is 14.6. The molecule has 3 aliphatic carbocycles. The summed E-state index contributed by atoms with van der Waals surface area (Å²) in [4.78, 5) is 41.1. The number of hydrogen-bond donors (Lipinski definition) is 0. The number of rotatable bonds is 0. The first-order valence-corrected chi connectivity index (χ1v) is 10.0. The zero-order valence-corrected chi connectivity index (χ0v) is 17.0. The van der Waals surface area contributed by atoms with Crippen molar-refractivity contribution in [1.29, 1.82) is 0 Å². The lowest BCUT2D eigenvalue weighted by Gasteiger charge is -2.00. The van der Waals surface area contributed by atoms with E-state index in [1.165, 1.54) is 81.6 Å². The minimum Gasteiger partial charge on any atom is -0.290 e. The maximum absolute atomic E-state index is 10.3. The molecule has 0 unspecified atom stereocenters. The third-order valence-corrected chi connectivity index (χ3v) is 5.06. The van der Waals surface area contributed by atoms with Crippen LogP contribution in [0.1, 0.15) is 0 Å². The van der Waals surface area contributed by atoms with E-state index in [0.29, 0.717) is 0 Å². The predicted molar refractivity (Wildman–Crippen MR) is 125 cm³/mol. The number of hydrogen-bond acceptors (Lipinski definition) is 4. The van der Waals surface area contributed by atoms with Crippen LogP contribution in [0.15, 0.2) is 109 Å². The third-order valence-electron chi connectivity index (χ3n) is 5.06. The highest BCUT2D eigenvalue weighted by molar-refractivity contribution is 6.16. The third kappa shape index (κ3) is 4.50. The first-order chi connectivity index (χ1) is 15.5. The molecule has 3 aromatic rings. The van der Waals surface area contributed by atoms with Gasteiger partial charge in [0.05, 0.1) is 0 Å². The van der Waals surface area contributed by atoms with E-state index in [9.17, 15) is 19.2 Å². The summed E-state index contributed by atoms with van der Waals surface area (Å²) in [6.45, 7) is 0. The highest BCUT2D eigenvalue weighted by Gasteiger charge is 2.19. The second-order valence-electron chi connectivity index (χ2n) is 7.20. The van der Waals surface area contributed by atoms with Crippen molar-refractivity contribution in [3.8, 4) is 22.3 Å². The van der Waals surface area contributed by atoms with Crippen LogP contribution in [0.2, 0.25) is 0 Å². The lowest BCUT2D eigenvalue weighted by molar-refractivity contribution is -0.113. The Morgan fingerprint density at radius 2 is 0.656 bits per heavy atom. The standard InChI is InChI=1S/C16H10.2C6H4O2/c1-2-8-13-12(7-1)14-9-3-5-11-6-4-10-15(13)16(11)14;2*7-5-1-2-6(8)4-3-5/h1-10H;2*1-4H. The van der Waals surface area contributed by atoms with Crippen LogP contribution in [0.25, 0.3) is 33.0 Å². The second-order valence-corrected chi connectivity index (χ2v) is 7.20. The van der Waals surface area contributed by atoms with Crippen LogP contribution in [0, 0.1) is 0 Å². The van der Waals surface area contributed by atoms with E-state index in [-0.39, 0.29) is 23.1 Å². The van der Waals surface area contributed by atoms with Crippen LogP contribution in [-0.2, 0) is 19.2 Å². The maximum atomic E-state index is 10.3. The molecule has 4 heteroatoms. The summed E-state index contributed by atoms with van der Waals surface area (Å²) in [5.41, 5.74) is 5.50. The van der Waals surface area contributed by atoms with Gasteiger partial charge in [-0.25, -0.2) is 0 Å². The summed E-state index contributed by atoms with van der Waals surface area (Å²) < 4.78 is 0. The molecule has 3 aromatic carbocycles. The predicted octanol–water partition coefficient (Wildman–Crippen LogP) is 4.99. The van der Waals surface area contributed by atoms with Gasteiger partial charge in [-0.15, -0.1) is 0 Å². The molecule has 3 aliphatic rings. The molecule has 154 valence electrons. The van der Waals surface area contributed by atoms with Gasteiger partial charge in [-0.2, -0.15) is 0 Å². The monoisotopic (exact) mass is 418 g/mol. The highest BCUT2D eigenvalue weighted by atomic mass is 16.1. The largest absolute Gasteiger partial charge is 0.290 e. The lowest BCUT2D eigenvalue weighted by Crippen LogP contribution is -1.97. The Labute approximate surface area is 184 Å². The molecule has 4 nitrogen and oxygen atoms in total. The van der Waals surface area contributed by atoms with E-state index in [0.717, 1.165) is 0 Å². The number of allylic oxidation sites excluding steroid dienone is 8. The summed E-state index contributed by atoms with van der Waals surface area (Å²) in [6, 6.07) is 21.8. The zero-order chi connectivity index (χ0) is 22.5. The van der Waals surface area contributed by atoms with Gasteiger partial charge >= 0.3 is 0 Å². The maximum Gasteiger partial charge on any atom is 0.178 e. The van der Waals surface area contributed by atoms with Gasteiger partial charge in [-0.3, -0.25) is 19.2 Å². The molecule has 0 radical (unpaired) electrons. The fourth-order valence-corrected chi connectivity index (χ4v) is 3.62. The van der Waals surface area contributed by atoms with E-state index in [2.05, 4.69) is 60.7 Å². The average molecular weight is 418 g/mol. The summed E-state index contributed by atoms with van der Waals surface area (Å²) in [7, 11) is 0. The van der Waals surface area contributed by atoms with Crippen LogP contribution in [0.4, 0.5) is 0 Å². The molecule has 0 N–H and O–H groups in total. The van der Waals surface area contributed by atoms with Crippen molar-refractivity contribution < 1.29 is 19.2 Å². The minimum absolute atomic E-state index is 0.121. The number of carbonyl (C=O) groups is 4. The van der Waals surface area contributed by atoms with E-state index in [4.69, 9.17) is 0 Å². The average Bonchev–Trinajstić information content (AvgIpc) is 3.15. The van der Waals surface area contributed by atoms with Crippen molar-refractivity contribution >= 4 is 33.9 Å². The van der Waals surface area contributed by atoms with Crippen LogP contribution >= 0.6 is 0 Å². The molecule has 0 bridgehead atoms. The highest BCUT2D eigenvalue weighted by Crippen LogP contribution is 2.46. The van der Waals surface area contributed by atoms with Crippen LogP contribution < -0.4 is 0 Å². The topological polar surface area (TPSA) is 68.3 Å². The summed E-state index contributed by atoms with van der Waals surface area (Å²) >= 11 is 0. The second kappa shape index (κ2) is 9.14. The fourth-order valence-electron chi connectivity index (χ4n) is 3.62. The Balaban J connectivity index is 0.000000130. The van der Waals surface area contributed by atoms with Crippen molar-refractivity contribution in [3.63, 3.8) is 0 Å². The van der Waals surface area contributed by atoms with E-state index in [1.54, 1.807) is 0 Å². The molecule has 0 saturated heterocycles. The van der Waals surface area contributed by atoms with Gasteiger partial charge in [-0.1, -0.05) is 60.7 Å². The molecule has 0 amide bonds. The first kappa shape index (κ1) is 20.8. The Kier molecular flexibility index (Phi) is 5.95. The molecule has 0 spiro atoms. The number of ketones is 4. The molecule has 0 saturated carbocycles. The lowest BCUT2D eigenvalue weighted by atomic mass is 10.0. The van der Waals surface area contributed by atoms with Crippen LogP contribution in [0.5, 0.6) is 0 Å². The number of carbonyl (C=O) groups excluding carboxylic acids is 4. The molecular formula is C28H18O4. The smallest absolute Gasteiger partial charge is 0.178 e. The Bertz CT molecular complexity index is 1210. The summed E-state index contributed by atoms with van der Waals surface area (Å²) in [5, 5.41) is 2.75. The number of fused-ring (bicyclic) bond motifs is 3. The van der Waals surface area contributed by atoms with Crippen molar-refractivity contribution in [2.24, 2.45) is 0 Å². The van der Waals surface area contributed by atoms with Crippen molar-refractivity contribution in [2.75, 3.05) is 0 Å². The van der Waals surface area contributed by atoms with Gasteiger partial charge in [0.15, 0.2) is 23.1 Å². The molecule has 0 aliphatic heterocycles. The quantitative estimate of drug-likeness (QED) is 0.377. The molecule has 6 rings (SSSR count). The summed E-state index contributed by atoms with van der Waals surface area (Å²) in [5.74, 6) is -0.483. The van der Waals surface area contributed by atoms with Crippen molar-refractivity contribution in [1.82, 2.24) is 0 Å². The van der Waals surface area contributed by atoms with Crippen molar-refractivity contribution in [3.05, 3.63) is 109 Å². The molecular weight excluding hydrogens is 400 g/mol. The van der Waals surface area contributed by atoms with Gasteiger partial charge in [0.1, 0.15) is 0 Å². The summed E-state index contributed by atoms with van der Waals surface area (Å²) in [6.07, 6.45) is 10.0. The zero-order valence-electron chi connectivity index (χ0n) is 17.0. The number of benzene rings is 3. The van der Waals surface area contributed by atoms with Gasteiger partial charge in [0.2, 0.25) is 0 Å². The molecule has 0 heterocycles. The SMILES string of the molecule is O=C1C=CC(=O)C=C1.O=C1C=CC(=O)C=C1.c1ccc2c(c1)-c1cccc3cccc-2c13. The molecule has 0 fully saturated rings. The van der Waals surface area contributed by atoms with E-state index < -0.39 is 0 Å². The molecule has 32 heavy (non-hydrogen) atoms. The van der Waals surface area contributed by atoms with Gasteiger partial charge in [0.25, 0.3) is 0 Å². The molecule has 0 aromatic heterocycles. The van der Waals surface area contributed by atoms with Crippen LogP contribution in [-0.4, -0.2) is 23.1 Å². The van der Waals surface area contributed by atoms with Gasteiger partial charge in [-0.05, 0) is 81.6 Å². The van der Waals surface area contributed by atoms with Gasteiger partial charge in [0, 0.05) is 0 Å². The van der Waals surface area contributed by atoms with Crippen LogP contribution in [0.3, 0.4) is 0 Å². The van der Waals surface area contributed by atoms with E-state index in [1.807, 2.05) is 0 Å². The fraction of sp³-hybridized carbons (Fsp3) is 0. The van der Waals surface area contributed by atoms with E-state index >= 15 is 0 Å². The molecule has 0 atom stereocenters. The minimum atomic E-state index is -0.121. The first-order valence-electron chi connectivity index (χ1n) is 10.0. The Hall–Kier alpha value is -4.44. The Morgan fingerprint density at radius 1 is 0.344 bits per heavy atom. The van der Waals surface area contributed by atoms with Gasteiger partial charge < -0.3 is 0 Å². The van der Waals surface area contributed by atoms with Crippen molar-refractivity contribution in [2.45, 2.75) is 0 Å².